The van der Waals surface area contributed by atoms with Crippen molar-refractivity contribution < 1.29 is 0 Å². The molecule has 0 aliphatic carbocycles. The smallest absolute Gasteiger partial charge is 0.138 e. The first-order valence-corrected chi connectivity index (χ1v) is 8.44. The van der Waals surface area contributed by atoms with Crippen molar-refractivity contribution in [2.24, 2.45) is 0 Å². The normalized spacial score (nSPS) is 9.08. The van der Waals surface area contributed by atoms with Crippen molar-refractivity contribution in [3.63, 3.8) is 0 Å². The van der Waals surface area contributed by atoms with Crippen molar-refractivity contribution >= 4 is 0 Å². The van der Waals surface area contributed by atoms with Crippen molar-refractivity contribution in [3.8, 4) is 0 Å². The molecule has 4 heteroatoms. The third-order valence-electron chi connectivity index (χ3n) is 2.64. The fourth-order valence-electron chi connectivity index (χ4n) is 1.37. The minimum atomic E-state index is 0. The molecule has 24 heavy (non-hydrogen) atoms. The second-order valence-corrected chi connectivity index (χ2v) is 5.68. The number of pyridine rings is 1. The summed E-state index contributed by atoms with van der Waals surface area (Å²) in [6.07, 6.45) is 6.82. The van der Waals surface area contributed by atoms with Gasteiger partial charge in [-0.25, -0.2) is 4.98 Å². The maximum Gasteiger partial charge on any atom is 0.138 e. The second kappa shape index (κ2) is 16.0. The first kappa shape index (κ1) is 27.0. The van der Waals surface area contributed by atoms with E-state index in [1.54, 1.807) is 6.20 Å². The molecule has 0 N–H and O–H groups in total. The predicted octanol–water partition coefficient (Wildman–Crippen LogP) is 6.06. The largest absolute Gasteiger partial charge is 0.265 e. The zero-order valence-corrected chi connectivity index (χ0v) is 16.3. The molecule has 0 aliphatic heterocycles. The van der Waals surface area contributed by atoms with E-state index in [2.05, 4.69) is 54.8 Å². The third-order valence-corrected chi connectivity index (χ3v) is 2.64. The molecule has 4 nitrogen and oxygen atoms in total. The number of aromatic nitrogens is 4. The Morgan fingerprint density at radius 2 is 1.38 bits per heavy atom. The van der Waals surface area contributed by atoms with Crippen LogP contribution < -0.4 is 0 Å². The van der Waals surface area contributed by atoms with Crippen LogP contribution in [0.25, 0.3) is 0 Å². The summed E-state index contributed by atoms with van der Waals surface area (Å²) >= 11 is 0. The lowest BCUT2D eigenvalue weighted by Crippen LogP contribution is -2.13. The molecule has 0 unspecified atom stereocenters. The molecule has 0 aliphatic rings. The Morgan fingerprint density at radius 3 is 1.62 bits per heavy atom. The van der Waals surface area contributed by atoms with E-state index in [0.717, 1.165) is 5.69 Å². The minimum Gasteiger partial charge on any atom is -0.265 e. The molecule has 0 spiro atoms. The van der Waals surface area contributed by atoms with Crippen LogP contribution in [0.5, 0.6) is 0 Å². The first-order chi connectivity index (χ1) is 10.9. The molecule has 0 bridgehead atoms. The molecule has 0 saturated heterocycles. The van der Waals surface area contributed by atoms with Gasteiger partial charge in [0.2, 0.25) is 0 Å². The van der Waals surface area contributed by atoms with E-state index in [0.29, 0.717) is 5.92 Å². The lowest BCUT2D eigenvalue weighted by molar-refractivity contribution is 0.560. The van der Waals surface area contributed by atoms with Gasteiger partial charge in [0.1, 0.15) is 6.33 Å². The van der Waals surface area contributed by atoms with Gasteiger partial charge in [-0.2, -0.15) is 5.10 Å². The summed E-state index contributed by atoms with van der Waals surface area (Å²) in [5.41, 5.74) is 2.41. The number of rotatable bonds is 1. The first-order valence-electron chi connectivity index (χ1n) is 8.44. The van der Waals surface area contributed by atoms with E-state index in [1.807, 2.05) is 52.2 Å². The Bertz CT molecular complexity index is 462. The molecular formula is C20H38N4. The fraction of sp³-hybridized carbons (Fsp3) is 0.600. The highest BCUT2D eigenvalue weighted by molar-refractivity contribution is 5.13. The molecule has 0 amide bonds. The van der Waals surface area contributed by atoms with Crippen LogP contribution in [-0.4, -0.2) is 20.2 Å². The average molecular weight is 335 g/mol. The minimum absolute atomic E-state index is 0. The van der Waals surface area contributed by atoms with Gasteiger partial charge in [-0.05, 0) is 23.6 Å². The molecule has 0 atom stereocenters. The highest BCUT2D eigenvalue weighted by Gasteiger charge is 2.14. The lowest BCUT2D eigenvalue weighted by atomic mass is 9.93. The summed E-state index contributed by atoms with van der Waals surface area (Å²) in [6, 6.07) is 4.09. The molecule has 2 aromatic rings. The zero-order chi connectivity index (χ0) is 18.3. The van der Waals surface area contributed by atoms with Crippen LogP contribution in [0, 0.1) is 0 Å². The Morgan fingerprint density at radius 1 is 0.875 bits per heavy atom. The number of hydrogen-bond donors (Lipinski definition) is 0. The Balaban J connectivity index is -0.000000295. The van der Waals surface area contributed by atoms with Crippen molar-refractivity contribution in [1.29, 1.82) is 0 Å². The van der Waals surface area contributed by atoms with Crippen LogP contribution in [0.15, 0.2) is 37.1 Å². The molecule has 138 valence electrons. The number of hydrogen-bond acceptors (Lipinski definition) is 4. The van der Waals surface area contributed by atoms with Crippen molar-refractivity contribution in [2.75, 3.05) is 0 Å². The maximum atomic E-state index is 4.08. The van der Waals surface area contributed by atoms with Gasteiger partial charge < -0.3 is 0 Å². The Kier molecular flexibility index (Phi) is 18.1. The van der Waals surface area contributed by atoms with Crippen LogP contribution in [0.3, 0.4) is 0 Å². The fourth-order valence-corrected chi connectivity index (χ4v) is 1.37. The molecule has 0 saturated carbocycles. The number of nitrogens with zero attached hydrogens (tertiary/aromatic N) is 4. The summed E-state index contributed by atoms with van der Waals surface area (Å²) in [5, 5.41) is 7.34. The van der Waals surface area contributed by atoms with E-state index in [-0.39, 0.29) is 12.8 Å². The standard InChI is InChI=1S/C8H11N.C7H11N3.2C2H6.CH4/c1-7(2)8-3-5-9-6-4-8;1-7(2,3)6-4-9-10-5-8-6;2*1-2;/h3-7H,1-2H3;4-5H,1-3H3;2*1-2H3;1H4. The highest BCUT2D eigenvalue weighted by atomic mass is 15.1. The van der Waals surface area contributed by atoms with Crippen molar-refractivity contribution in [1.82, 2.24) is 20.2 Å². The van der Waals surface area contributed by atoms with Gasteiger partial charge in [-0.15, -0.1) is 5.10 Å². The van der Waals surface area contributed by atoms with Crippen LogP contribution in [0.4, 0.5) is 0 Å². The monoisotopic (exact) mass is 334 g/mol. The van der Waals surface area contributed by atoms with Gasteiger partial charge in [0.05, 0.1) is 11.9 Å². The molecule has 2 rings (SSSR count). The molecule has 0 aromatic carbocycles. The van der Waals surface area contributed by atoms with Gasteiger partial charge in [0.25, 0.3) is 0 Å². The van der Waals surface area contributed by atoms with E-state index < -0.39 is 0 Å². The van der Waals surface area contributed by atoms with Gasteiger partial charge >= 0.3 is 0 Å². The van der Waals surface area contributed by atoms with Crippen molar-refractivity contribution in [3.05, 3.63) is 48.3 Å². The summed E-state index contributed by atoms with van der Waals surface area (Å²) in [6.45, 7) is 18.6. The SMILES string of the molecule is C.CC.CC.CC(C)(C)c1cnncn1.CC(C)c1ccncc1. The molecule has 2 aromatic heterocycles. The Labute approximate surface area is 150 Å². The van der Waals surface area contributed by atoms with Crippen molar-refractivity contribution in [2.45, 2.75) is 81.1 Å². The molecule has 0 fully saturated rings. The van der Waals surface area contributed by atoms with Crippen LogP contribution >= 0.6 is 0 Å². The van der Waals surface area contributed by atoms with Gasteiger partial charge in [-0.1, -0.05) is 69.7 Å². The van der Waals surface area contributed by atoms with E-state index in [4.69, 9.17) is 0 Å². The predicted molar refractivity (Wildman–Crippen MR) is 106 cm³/mol. The second-order valence-electron chi connectivity index (χ2n) is 5.68. The van der Waals surface area contributed by atoms with Gasteiger partial charge in [0, 0.05) is 17.8 Å². The lowest BCUT2D eigenvalue weighted by Gasteiger charge is -2.15. The van der Waals surface area contributed by atoms with E-state index in [9.17, 15) is 0 Å². The molecular weight excluding hydrogens is 296 g/mol. The van der Waals surface area contributed by atoms with Crippen LogP contribution in [-0.2, 0) is 5.41 Å². The topological polar surface area (TPSA) is 51.6 Å². The van der Waals surface area contributed by atoms with Gasteiger partial charge in [0.15, 0.2) is 0 Å². The summed E-state index contributed by atoms with van der Waals surface area (Å²) in [5.74, 6) is 0.619. The van der Waals surface area contributed by atoms with Crippen LogP contribution in [0.1, 0.15) is 86.9 Å². The summed E-state index contributed by atoms with van der Waals surface area (Å²) in [7, 11) is 0. The summed E-state index contributed by atoms with van der Waals surface area (Å²) in [4.78, 5) is 8.00. The van der Waals surface area contributed by atoms with E-state index >= 15 is 0 Å². The molecule has 0 radical (unpaired) electrons. The van der Waals surface area contributed by atoms with E-state index in [1.165, 1.54) is 11.9 Å². The quantitative estimate of drug-likeness (QED) is 0.635. The molecule has 2 heterocycles. The zero-order valence-electron chi connectivity index (χ0n) is 16.3. The van der Waals surface area contributed by atoms with Gasteiger partial charge in [-0.3, -0.25) is 4.98 Å². The Hall–Kier alpha value is -1.84. The van der Waals surface area contributed by atoms with Crippen LogP contribution in [0.2, 0.25) is 0 Å². The maximum absolute atomic E-state index is 4.08. The highest BCUT2D eigenvalue weighted by Crippen LogP contribution is 2.17. The third kappa shape index (κ3) is 12.7. The average Bonchev–Trinajstić information content (AvgIpc) is 2.60. The summed E-state index contributed by atoms with van der Waals surface area (Å²) < 4.78 is 0.